The van der Waals surface area contributed by atoms with Gasteiger partial charge >= 0.3 is 0 Å². The van der Waals surface area contributed by atoms with Crippen molar-refractivity contribution in [2.75, 3.05) is 0 Å². The van der Waals surface area contributed by atoms with Gasteiger partial charge in [-0.1, -0.05) is 11.6 Å². The SMILES string of the molecule is O=Cc1c(Br)nn2ccnc(Cl)c12. The molecule has 0 unspecified atom stereocenters. The topological polar surface area (TPSA) is 47.3 Å². The third-order valence-electron chi connectivity index (χ3n) is 1.61. The molecule has 2 heterocycles. The Hall–Kier alpha value is -0.940. The lowest BCUT2D eigenvalue weighted by Crippen LogP contribution is -1.89. The summed E-state index contributed by atoms with van der Waals surface area (Å²) in [6.45, 7) is 0. The van der Waals surface area contributed by atoms with E-state index in [1.165, 1.54) is 10.7 Å². The van der Waals surface area contributed by atoms with Gasteiger partial charge in [0, 0.05) is 12.4 Å². The van der Waals surface area contributed by atoms with Crippen molar-refractivity contribution in [2.24, 2.45) is 0 Å². The van der Waals surface area contributed by atoms with Crippen molar-refractivity contribution in [3.63, 3.8) is 0 Å². The number of fused-ring (bicyclic) bond motifs is 1. The first kappa shape index (κ1) is 8.65. The summed E-state index contributed by atoms with van der Waals surface area (Å²) in [4.78, 5) is 14.5. The number of carbonyl (C=O) groups is 1. The summed E-state index contributed by atoms with van der Waals surface area (Å²) in [5.74, 6) is 0. The fraction of sp³-hybridized carbons (Fsp3) is 0. The lowest BCUT2D eigenvalue weighted by atomic mass is 10.3. The van der Waals surface area contributed by atoms with Gasteiger partial charge in [-0.05, 0) is 15.9 Å². The van der Waals surface area contributed by atoms with Crippen molar-refractivity contribution in [3.8, 4) is 0 Å². The van der Waals surface area contributed by atoms with Crippen LogP contribution in [0.4, 0.5) is 0 Å². The van der Waals surface area contributed by atoms with Crippen LogP contribution in [0.2, 0.25) is 5.15 Å². The Balaban J connectivity index is 2.96. The monoisotopic (exact) mass is 259 g/mol. The highest BCUT2D eigenvalue weighted by Crippen LogP contribution is 2.23. The summed E-state index contributed by atoms with van der Waals surface area (Å²) in [6, 6.07) is 0. The van der Waals surface area contributed by atoms with Gasteiger partial charge in [-0.3, -0.25) is 4.79 Å². The molecule has 0 aliphatic heterocycles. The minimum Gasteiger partial charge on any atom is -0.298 e. The van der Waals surface area contributed by atoms with Gasteiger partial charge in [0.1, 0.15) is 10.1 Å². The minimum atomic E-state index is 0.266. The van der Waals surface area contributed by atoms with Crippen LogP contribution in [0.3, 0.4) is 0 Å². The van der Waals surface area contributed by atoms with Crippen molar-refractivity contribution >= 4 is 39.3 Å². The molecular weight excluding hydrogens is 257 g/mol. The smallest absolute Gasteiger partial charge is 0.155 e. The average molecular weight is 260 g/mol. The highest BCUT2D eigenvalue weighted by Gasteiger charge is 2.12. The van der Waals surface area contributed by atoms with Crippen LogP contribution < -0.4 is 0 Å². The van der Waals surface area contributed by atoms with E-state index >= 15 is 0 Å². The third-order valence-corrected chi connectivity index (χ3v) is 2.47. The quantitative estimate of drug-likeness (QED) is 0.736. The molecule has 0 bridgehead atoms. The number of carbonyl (C=O) groups excluding carboxylic acids is 1. The maximum atomic E-state index is 10.7. The fourth-order valence-electron chi connectivity index (χ4n) is 1.06. The number of aromatic nitrogens is 3. The van der Waals surface area contributed by atoms with E-state index in [0.29, 0.717) is 22.0 Å². The molecule has 2 rings (SSSR count). The summed E-state index contributed by atoms with van der Waals surface area (Å²) in [5.41, 5.74) is 0.934. The summed E-state index contributed by atoms with van der Waals surface area (Å²) in [6.07, 6.45) is 3.84. The van der Waals surface area contributed by atoms with Gasteiger partial charge in [-0.15, -0.1) is 0 Å². The highest BCUT2D eigenvalue weighted by atomic mass is 79.9. The Kier molecular flexibility index (Phi) is 2.05. The first-order chi connectivity index (χ1) is 6.24. The molecule has 6 heteroatoms. The second-order valence-electron chi connectivity index (χ2n) is 2.33. The molecular formula is C7H3BrClN3O. The van der Waals surface area contributed by atoms with Gasteiger partial charge in [0.2, 0.25) is 0 Å². The molecule has 0 saturated heterocycles. The standard InChI is InChI=1S/C7H3BrClN3O/c8-6-4(3-13)5-7(9)10-1-2-12(5)11-6/h1-3H. The van der Waals surface area contributed by atoms with Crippen LogP contribution in [0.5, 0.6) is 0 Å². The summed E-state index contributed by atoms with van der Waals surface area (Å²) in [5, 5.41) is 4.29. The van der Waals surface area contributed by atoms with Crippen LogP contribution >= 0.6 is 27.5 Å². The third kappa shape index (κ3) is 1.24. The number of hydrogen-bond acceptors (Lipinski definition) is 3. The Morgan fingerprint density at radius 3 is 3.08 bits per heavy atom. The van der Waals surface area contributed by atoms with Crippen molar-refractivity contribution in [1.82, 2.24) is 14.6 Å². The Bertz CT molecular complexity index is 482. The molecule has 66 valence electrons. The van der Waals surface area contributed by atoms with Crippen LogP contribution in [0.15, 0.2) is 17.0 Å². The number of rotatable bonds is 1. The van der Waals surface area contributed by atoms with E-state index in [9.17, 15) is 4.79 Å². The molecule has 2 aromatic rings. The van der Waals surface area contributed by atoms with E-state index in [2.05, 4.69) is 26.0 Å². The van der Waals surface area contributed by atoms with Crippen molar-refractivity contribution in [3.05, 3.63) is 27.7 Å². The molecule has 0 N–H and O–H groups in total. The second kappa shape index (κ2) is 3.08. The number of nitrogens with zero attached hydrogens (tertiary/aromatic N) is 3. The van der Waals surface area contributed by atoms with Crippen LogP contribution in [0.1, 0.15) is 10.4 Å². The van der Waals surface area contributed by atoms with Crippen LogP contribution in [0.25, 0.3) is 5.52 Å². The van der Waals surface area contributed by atoms with Crippen molar-refractivity contribution in [1.29, 1.82) is 0 Å². The zero-order valence-electron chi connectivity index (χ0n) is 6.24. The van der Waals surface area contributed by atoms with Gasteiger partial charge in [0.25, 0.3) is 0 Å². The van der Waals surface area contributed by atoms with Crippen molar-refractivity contribution < 1.29 is 4.79 Å². The van der Waals surface area contributed by atoms with Gasteiger partial charge < -0.3 is 0 Å². The molecule has 0 aliphatic carbocycles. The maximum absolute atomic E-state index is 10.7. The van der Waals surface area contributed by atoms with E-state index in [-0.39, 0.29) is 5.15 Å². The molecule has 0 aromatic carbocycles. The number of hydrogen-bond donors (Lipinski definition) is 0. The van der Waals surface area contributed by atoms with E-state index in [1.807, 2.05) is 0 Å². The van der Waals surface area contributed by atoms with Crippen LogP contribution in [-0.4, -0.2) is 20.9 Å². The van der Waals surface area contributed by atoms with Gasteiger partial charge in [-0.25, -0.2) is 9.50 Å². The van der Waals surface area contributed by atoms with Crippen LogP contribution in [-0.2, 0) is 0 Å². The van der Waals surface area contributed by atoms with Gasteiger partial charge in [0.05, 0.1) is 5.56 Å². The molecule has 0 spiro atoms. The first-order valence-corrected chi connectivity index (χ1v) is 4.54. The highest BCUT2D eigenvalue weighted by molar-refractivity contribution is 9.10. The fourth-order valence-corrected chi connectivity index (χ4v) is 1.76. The van der Waals surface area contributed by atoms with E-state index in [0.717, 1.165) is 0 Å². The Morgan fingerprint density at radius 1 is 1.62 bits per heavy atom. The summed E-state index contributed by atoms with van der Waals surface area (Å²) >= 11 is 8.96. The zero-order chi connectivity index (χ0) is 9.42. The molecule has 2 aromatic heterocycles. The predicted octanol–water partition coefficient (Wildman–Crippen LogP) is 1.96. The molecule has 0 atom stereocenters. The van der Waals surface area contributed by atoms with Crippen molar-refractivity contribution in [2.45, 2.75) is 0 Å². The zero-order valence-corrected chi connectivity index (χ0v) is 8.58. The average Bonchev–Trinajstić information content (AvgIpc) is 2.42. The summed E-state index contributed by atoms with van der Waals surface area (Å²) in [7, 11) is 0. The molecule has 0 aliphatic rings. The Labute approximate surface area is 86.7 Å². The normalized spacial score (nSPS) is 10.6. The molecule has 0 saturated carbocycles. The molecule has 4 nitrogen and oxygen atoms in total. The van der Waals surface area contributed by atoms with Gasteiger partial charge in [0.15, 0.2) is 11.4 Å². The second-order valence-corrected chi connectivity index (χ2v) is 3.44. The predicted molar refractivity (Wildman–Crippen MR) is 51.1 cm³/mol. The van der Waals surface area contributed by atoms with E-state index < -0.39 is 0 Å². The summed E-state index contributed by atoms with van der Waals surface area (Å²) < 4.78 is 1.97. The van der Waals surface area contributed by atoms with E-state index in [4.69, 9.17) is 11.6 Å². The lowest BCUT2D eigenvalue weighted by Gasteiger charge is -1.93. The molecule has 13 heavy (non-hydrogen) atoms. The minimum absolute atomic E-state index is 0.266. The van der Waals surface area contributed by atoms with E-state index in [1.54, 1.807) is 6.20 Å². The molecule has 0 amide bonds. The largest absolute Gasteiger partial charge is 0.298 e. The molecule has 0 fully saturated rings. The first-order valence-electron chi connectivity index (χ1n) is 3.37. The Morgan fingerprint density at radius 2 is 2.38 bits per heavy atom. The lowest BCUT2D eigenvalue weighted by molar-refractivity contribution is 0.112. The number of aldehydes is 1. The van der Waals surface area contributed by atoms with Crippen LogP contribution in [0, 0.1) is 0 Å². The van der Waals surface area contributed by atoms with Gasteiger partial charge in [-0.2, -0.15) is 5.10 Å². The maximum Gasteiger partial charge on any atom is 0.155 e. The molecule has 0 radical (unpaired) electrons. The number of halogens is 2.